The molecule has 0 N–H and O–H groups in total. The molecule has 0 spiro atoms. The summed E-state index contributed by atoms with van der Waals surface area (Å²) in [6.45, 7) is 3.84. The lowest BCUT2D eigenvalue weighted by Crippen LogP contribution is -2.21. The predicted octanol–water partition coefficient (Wildman–Crippen LogP) is 1.33. The number of nitrogens with zero attached hydrogens (tertiary/aromatic N) is 2. The molecule has 1 aromatic heterocycles. The maximum Gasteiger partial charge on any atom is 0.441 e. The van der Waals surface area contributed by atoms with Crippen LogP contribution in [-0.4, -0.2) is 9.72 Å². The maximum absolute atomic E-state index is 11.3. The van der Waals surface area contributed by atoms with Gasteiger partial charge >= 0.3 is 5.76 Å². The first-order valence-corrected chi connectivity index (χ1v) is 4.69. The minimum Gasteiger partial charge on any atom is -0.296 e. The fraction of sp³-hybridized carbons (Fsp3) is 0.667. The summed E-state index contributed by atoms with van der Waals surface area (Å²) in [5, 5.41) is 3.76. The first-order chi connectivity index (χ1) is 6.33. The van der Waals surface area contributed by atoms with E-state index >= 15 is 0 Å². The summed E-state index contributed by atoms with van der Waals surface area (Å²) >= 11 is 0. The van der Waals surface area contributed by atoms with E-state index in [9.17, 15) is 4.79 Å². The fourth-order valence-corrected chi connectivity index (χ4v) is 1.88. The van der Waals surface area contributed by atoms with E-state index in [1.807, 2.05) is 0 Å². The molecule has 1 aliphatic heterocycles. The largest absolute Gasteiger partial charge is 0.441 e. The third-order valence-corrected chi connectivity index (χ3v) is 2.59. The molecule has 4 nitrogen and oxygen atoms in total. The lowest BCUT2D eigenvalue weighted by atomic mass is 10.1. The summed E-state index contributed by atoms with van der Waals surface area (Å²) in [4.78, 5) is 11.3. The van der Waals surface area contributed by atoms with E-state index in [0.717, 1.165) is 37.9 Å². The van der Waals surface area contributed by atoms with Crippen LogP contribution in [0.3, 0.4) is 0 Å². The molecule has 0 saturated carbocycles. The second-order valence-electron chi connectivity index (χ2n) is 3.42. The molecule has 0 aliphatic carbocycles. The van der Waals surface area contributed by atoms with Crippen LogP contribution in [0.5, 0.6) is 0 Å². The predicted molar refractivity (Wildman–Crippen MR) is 47.3 cm³/mol. The maximum atomic E-state index is 11.3. The van der Waals surface area contributed by atoms with Crippen LogP contribution < -0.4 is 5.76 Å². The molecule has 1 radical (unpaired) electrons. The van der Waals surface area contributed by atoms with Crippen LogP contribution in [0.4, 0.5) is 0 Å². The van der Waals surface area contributed by atoms with Gasteiger partial charge in [0, 0.05) is 12.5 Å². The highest BCUT2D eigenvalue weighted by Crippen LogP contribution is 2.23. The smallest absolute Gasteiger partial charge is 0.296 e. The van der Waals surface area contributed by atoms with Crippen molar-refractivity contribution in [1.29, 1.82) is 0 Å². The van der Waals surface area contributed by atoms with Crippen molar-refractivity contribution in [1.82, 2.24) is 9.72 Å². The zero-order chi connectivity index (χ0) is 9.26. The zero-order valence-corrected chi connectivity index (χ0v) is 7.53. The van der Waals surface area contributed by atoms with Gasteiger partial charge in [-0.3, -0.25) is 9.09 Å². The number of hydrogen-bond acceptors (Lipinski definition) is 3. The quantitative estimate of drug-likeness (QED) is 0.656. The van der Waals surface area contributed by atoms with Gasteiger partial charge in [0.05, 0.1) is 0 Å². The molecule has 71 valence electrons. The Hall–Kier alpha value is -1.06. The molecule has 1 aromatic rings. The first-order valence-electron chi connectivity index (χ1n) is 4.69. The normalized spacial score (nSPS) is 22.4. The Kier molecular flexibility index (Phi) is 2.20. The van der Waals surface area contributed by atoms with E-state index in [-0.39, 0.29) is 11.8 Å². The summed E-state index contributed by atoms with van der Waals surface area (Å²) in [7, 11) is 0. The Morgan fingerprint density at radius 3 is 3.23 bits per heavy atom. The van der Waals surface area contributed by atoms with Crippen molar-refractivity contribution in [3.05, 3.63) is 23.3 Å². The standard InChI is InChI=1S/C9H13N2O2/c1-2-7-5-3-4-6-8-10-13-9(12)11(7)8/h7H,1-6H2/t7-/m0/s1. The van der Waals surface area contributed by atoms with Crippen molar-refractivity contribution in [3.63, 3.8) is 0 Å². The van der Waals surface area contributed by atoms with Crippen LogP contribution in [0.25, 0.3) is 0 Å². The molecule has 1 atom stereocenters. The summed E-state index contributed by atoms with van der Waals surface area (Å²) in [5.74, 6) is 0.460. The third-order valence-electron chi connectivity index (χ3n) is 2.59. The van der Waals surface area contributed by atoms with Gasteiger partial charge in [0.15, 0.2) is 5.82 Å². The molecule has 0 bridgehead atoms. The molecule has 0 fully saturated rings. The lowest BCUT2D eigenvalue weighted by molar-refractivity contribution is 0.353. The fourth-order valence-electron chi connectivity index (χ4n) is 1.88. The molecule has 13 heavy (non-hydrogen) atoms. The molecule has 2 rings (SSSR count). The Bertz CT molecular complexity index is 340. The molecular weight excluding hydrogens is 168 g/mol. The molecule has 0 amide bonds. The summed E-state index contributed by atoms with van der Waals surface area (Å²) < 4.78 is 6.30. The molecule has 0 aromatic carbocycles. The second kappa shape index (κ2) is 3.36. The van der Waals surface area contributed by atoms with Crippen LogP contribution in [0.15, 0.2) is 9.32 Å². The Labute approximate surface area is 76.5 Å². The SMILES string of the molecule is [CH2]C[C@H]1CCCCc2noc(=O)n21. The summed E-state index contributed by atoms with van der Waals surface area (Å²) in [6, 6.07) is 0.191. The molecule has 0 unspecified atom stereocenters. The van der Waals surface area contributed by atoms with Gasteiger partial charge in [0.1, 0.15) is 0 Å². The van der Waals surface area contributed by atoms with E-state index in [1.165, 1.54) is 0 Å². The molecule has 4 heteroatoms. The van der Waals surface area contributed by atoms with E-state index in [1.54, 1.807) is 4.57 Å². The second-order valence-corrected chi connectivity index (χ2v) is 3.42. The highest BCUT2D eigenvalue weighted by Gasteiger charge is 2.21. The monoisotopic (exact) mass is 181 g/mol. The van der Waals surface area contributed by atoms with Gasteiger partial charge in [-0.2, -0.15) is 0 Å². The summed E-state index contributed by atoms with van der Waals surface area (Å²) in [5.41, 5.74) is 0. The van der Waals surface area contributed by atoms with E-state index in [4.69, 9.17) is 0 Å². The third kappa shape index (κ3) is 1.41. The van der Waals surface area contributed by atoms with Gasteiger partial charge < -0.3 is 0 Å². The lowest BCUT2D eigenvalue weighted by Gasteiger charge is -2.12. The van der Waals surface area contributed by atoms with E-state index in [0.29, 0.717) is 0 Å². The van der Waals surface area contributed by atoms with Gasteiger partial charge in [0.2, 0.25) is 0 Å². The highest BCUT2D eigenvalue weighted by molar-refractivity contribution is 4.91. The van der Waals surface area contributed by atoms with Gasteiger partial charge in [0.25, 0.3) is 0 Å². The minimum absolute atomic E-state index is 0.191. The van der Waals surface area contributed by atoms with Crippen molar-refractivity contribution in [3.8, 4) is 0 Å². The Morgan fingerprint density at radius 1 is 1.62 bits per heavy atom. The van der Waals surface area contributed by atoms with Crippen molar-refractivity contribution in [2.75, 3.05) is 0 Å². The van der Waals surface area contributed by atoms with Crippen molar-refractivity contribution in [2.24, 2.45) is 0 Å². The van der Waals surface area contributed by atoms with Crippen LogP contribution in [-0.2, 0) is 6.42 Å². The number of aromatic nitrogens is 2. The van der Waals surface area contributed by atoms with Crippen LogP contribution in [0.1, 0.15) is 37.5 Å². The number of hydrogen-bond donors (Lipinski definition) is 0. The molecule has 1 aliphatic rings. The average Bonchev–Trinajstić information content (AvgIpc) is 2.39. The number of rotatable bonds is 1. The van der Waals surface area contributed by atoms with Crippen molar-refractivity contribution < 1.29 is 4.52 Å². The van der Waals surface area contributed by atoms with Gasteiger partial charge in [-0.15, -0.1) is 0 Å². The van der Waals surface area contributed by atoms with Gasteiger partial charge in [-0.05, 0) is 19.3 Å². The average molecular weight is 181 g/mol. The highest BCUT2D eigenvalue weighted by atomic mass is 16.5. The molecule has 2 heterocycles. The van der Waals surface area contributed by atoms with Crippen molar-refractivity contribution >= 4 is 0 Å². The van der Waals surface area contributed by atoms with Crippen molar-refractivity contribution in [2.45, 2.75) is 38.1 Å². The number of aryl methyl sites for hydroxylation is 1. The van der Waals surface area contributed by atoms with Crippen LogP contribution in [0.2, 0.25) is 0 Å². The van der Waals surface area contributed by atoms with Crippen LogP contribution >= 0.6 is 0 Å². The van der Waals surface area contributed by atoms with E-state index in [2.05, 4.69) is 16.6 Å². The molecule has 0 saturated heterocycles. The first kappa shape index (κ1) is 8.53. The van der Waals surface area contributed by atoms with E-state index < -0.39 is 0 Å². The number of fused-ring (bicyclic) bond motifs is 1. The topological polar surface area (TPSA) is 48.0 Å². The Morgan fingerprint density at radius 2 is 2.46 bits per heavy atom. The zero-order valence-electron chi connectivity index (χ0n) is 7.53. The summed E-state index contributed by atoms with van der Waals surface area (Å²) in [6.07, 6.45) is 4.82. The Balaban J connectivity index is 2.44. The van der Waals surface area contributed by atoms with Crippen LogP contribution in [0, 0.1) is 6.92 Å². The van der Waals surface area contributed by atoms with Gasteiger partial charge in [-0.25, -0.2) is 4.79 Å². The van der Waals surface area contributed by atoms with Gasteiger partial charge in [-0.1, -0.05) is 18.5 Å². The molecular formula is C9H13N2O2. The minimum atomic E-state index is -0.328.